The van der Waals surface area contributed by atoms with Gasteiger partial charge in [0.2, 0.25) is 9.84 Å². The Morgan fingerprint density at radius 2 is 2.21 bits per heavy atom. The zero-order chi connectivity index (χ0) is 10.8. The molecule has 8 heteroatoms. The second-order valence-electron chi connectivity index (χ2n) is 2.83. The maximum atomic E-state index is 11.8. The predicted octanol–water partition coefficient (Wildman–Crippen LogP) is 0.505. The highest BCUT2D eigenvalue weighted by Gasteiger charge is 2.29. The Hall–Kier alpha value is -0.500. The zero-order valence-corrected chi connectivity index (χ0v) is 10.3. The van der Waals surface area contributed by atoms with Crippen LogP contribution in [0.25, 0.3) is 0 Å². The smallest absolute Gasteiger partial charge is 0.219 e. The number of rotatable bonds is 4. The molecule has 1 heterocycles. The van der Waals surface area contributed by atoms with Crippen molar-refractivity contribution >= 4 is 25.8 Å². The van der Waals surface area contributed by atoms with E-state index in [1.807, 2.05) is 6.92 Å². The van der Waals surface area contributed by atoms with Gasteiger partial charge in [0, 0.05) is 7.05 Å². The van der Waals surface area contributed by atoms with Gasteiger partial charge in [0.25, 0.3) is 5.16 Å². The minimum absolute atomic E-state index is 0.104. The van der Waals surface area contributed by atoms with Crippen LogP contribution in [-0.2, 0) is 16.9 Å². The van der Waals surface area contributed by atoms with E-state index in [0.717, 1.165) is 11.1 Å². The van der Waals surface area contributed by atoms with Crippen LogP contribution >= 0.6 is 15.9 Å². The molecule has 14 heavy (non-hydrogen) atoms. The SMILES string of the molecule is CCCC(Br)S(=O)(=O)c1nnnn1C. The molecule has 0 aliphatic carbocycles. The number of hydrogen-bond acceptors (Lipinski definition) is 5. The van der Waals surface area contributed by atoms with Gasteiger partial charge in [0.1, 0.15) is 4.16 Å². The van der Waals surface area contributed by atoms with Crippen molar-refractivity contribution in [3.05, 3.63) is 0 Å². The average molecular weight is 283 g/mol. The van der Waals surface area contributed by atoms with Gasteiger partial charge >= 0.3 is 0 Å². The van der Waals surface area contributed by atoms with Gasteiger partial charge < -0.3 is 0 Å². The van der Waals surface area contributed by atoms with Crippen LogP contribution < -0.4 is 0 Å². The first-order valence-corrected chi connectivity index (χ1v) is 6.56. The van der Waals surface area contributed by atoms with E-state index in [4.69, 9.17) is 0 Å². The van der Waals surface area contributed by atoms with Crippen molar-refractivity contribution in [2.75, 3.05) is 0 Å². The minimum Gasteiger partial charge on any atom is -0.219 e. The molecule has 80 valence electrons. The Balaban J connectivity index is 3.03. The highest BCUT2D eigenvalue weighted by atomic mass is 79.9. The lowest BCUT2D eigenvalue weighted by Gasteiger charge is -2.07. The van der Waals surface area contributed by atoms with Crippen molar-refractivity contribution < 1.29 is 8.42 Å². The number of hydrogen-bond donors (Lipinski definition) is 0. The Labute approximate surface area is 90.7 Å². The molecule has 0 spiro atoms. The molecule has 1 aromatic rings. The lowest BCUT2D eigenvalue weighted by Crippen LogP contribution is -2.19. The lowest BCUT2D eigenvalue weighted by molar-refractivity contribution is 0.563. The number of sulfone groups is 1. The fourth-order valence-electron chi connectivity index (χ4n) is 0.959. The van der Waals surface area contributed by atoms with E-state index in [1.165, 1.54) is 7.05 Å². The van der Waals surface area contributed by atoms with Gasteiger partial charge in [-0.3, -0.25) is 0 Å². The summed E-state index contributed by atoms with van der Waals surface area (Å²) in [6.45, 7) is 1.92. The molecule has 0 bridgehead atoms. The standard InChI is InChI=1S/C6H11BrN4O2S/c1-3-4-5(7)14(12,13)6-8-9-10-11(6)2/h5H,3-4H2,1-2H3. The Bertz CT molecular complexity index is 402. The Morgan fingerprint density at radius 1 is 1.57 bits per heavy atom. The first-order valence-electron chi connectivity index (χ1n) is 4.10. The molecule has 0 aliphatic rings. The van der Waals surface area contributed by atoms with Crippen LogP contribution in [0.3, 0.4) is 0 Å². The van der Waals surface area contributed by atoms with Crippen LogP contribution in [0.15, 0.2) is 5.16 Å². The van der Waals surface area contributed by atoms with Crippen molar-refractivity contribution in [1.29, 1.82) is 0 Å². The van der Waals surface area contributed by atoms with E-state index in [0.29, 0.717) is 6.42 Å². The normalized spacial score (nSPS) is 14.2. The molecule has 1 unspecified atom stereocenters. The molecule has 1 atom stereocenters. The molecule has 0 saturated carbocycles. The van der Waals surface area contributed by atoms with Gasteiger partial charge in [-0.1, -0.05) is 34.4 Å². The highest BCUT2D eigenvalue weighted by molar-refractivity contribution is 9.11. The number of aromatic nitrogens is 4. The van der Waals surface area contributed by atoms with Crippen LogP contribution in [0.1, 0.15) is 19.8 Å². The summed E-state index contributed by atoms with van der Waals surface area (Å²) in [7, 11) is -1.95. The van der Waals surface area contributed by atoms with Crippen LogP contribution in [0.2, 0.25) is 0 Å². The van der Waals surface area contributed by atoms with Gasteiger partial charge in [0.15, 0.2) is 0 Å². The number of alkyl halides is 1. The van der Waals surface area contributed by atoms with E-state index in [-0.39, 0.29) is 5.16 Å². The molecule has 0 aliphatic heterocycles. The van der Waals surface area contributed by atoms with Crippen LogP contribution in [0.4, 0.5) is 0 Å². The molecule has 0 radical (unpaired) electrons. The van der Waals surface area contributed by atoms with Crippen LogP contribution in [0.5, 0.6) is 0 Å². The van der Waals surface area contributed by atoms with Crippen molar-refractivity contribution in [3.63, 3.8) is 0 Å². The number of aryl methyl sites for hydroxylation is 1. The highest BCUT2D eigenvalue weighted by Crippen LogP contribution is 2.21. The number of tetrazole rings is 1. The molecule has 0 aromatic carbocycles. The second kappa shape index (κ2) is 4.35. The molecule has 0 amide bonds. The summed E-state index contributed by atoms with van der Waals surface area (Å²) >= 11 is 3.12. The van der Waals surface area contributed by atoms with Crippen molar-refractivity contribution in [3.8, 4) is 0 Å². The Morgan fingerprint density at radius 3 is 2.64 bits per heavy atom. The molecule has 1 rings (SSSR count). The third kappa shape index (κ3) is 2.11. The minimum atomic E-state index is -3.44. The van der Waals surface area contributed by atoms with Gasteiger partial charge in [-0.2, -0.15) is 0 Å². The molecule has 0 saturated heterocycles. The first kappa shape index (κ1) is 11.6. The topological polar surface area (TPSA) is 77.7 Å². The van der Waals surface area contributed by atoms with Crippen molar-refractivity contribution in [1.82, 2.24) is 20.2 Å². The molecule has 0 fully saturated rings. The van der Waals surface area contributed by atoms with Gasteiger partial charge in [-0.05, 0) is 16.8 Å². The number of nitrogens with zero attached hydrogens (tertiary/aromatic N) is 4. The first-order chi connectivity index (χ1) is 6.50. The fourth-order valence-corrected chi connectivity index (χ4v) is 3.25. The molecule has 1 aromatic heterocycles. The van der Waals surface area contributed by atoms with Gasteiger partial charge in [-0.25, -0.2) is 13.1 Å². The predicted molar refractivity (Wildman–Crippen MR) is 53.6 cm³/mol. The lowest BCUT2D eigenvalue weighted by atomic mass is 10.4. The summed E-state index contributed by atoms with van der Waals surface area (Å²) in [4.78, 5) is 0. The van der Waals surface area contributed by atoms with Crippen LogP contribution in [-0.4, -0.2) is 32.8 Å². The zero-order valence-electron chi connectivity index (χ0n) is 7.88. The maximum absolute atomic E-state index is 11.8. The molecule has 0 N–H and O–H groups in total. The second-order valence-corrected chi connectivity index (χ2v) is 6.56. The fraction of sp³-hybridized carbons (Fsp3) is 0.833. The molecular weight excluding hydrogens is 272 g/mol. The van der Waals surface area contributed by atoms with Gasteiger partial charge in [0.05, 0.1) is 0 Å². The summed E-state index contributed by atoms with van der Waals surface area (Å²) in [6, 6.07) is 0. The third-order valence-electron chi connectivity index (χ3n) is 1.69. The number of halogens is 1. The van der Waals surface area contributed by atoms with E-state index >= 15 is 0 Å². The summed E-state index contributed by atoms with van der Waals surface area (Å²) in [5, 5.41) is 10.1. The summed E-state index contributed by atoms with van der Waals surface area (Å²) in [5.41, 5.74) is 0. The van der Waals surface area contributed by atoms with Crippen molar-refractivity contribution in [2.24, 2.45) is 7.05 Å². The maximum Gasteiger partial charge on any atom is 0.268 e. The quantitative estimate of drug-likeness (QED) is 0.752. The van der Waals surface area contributed by atoms with E-state index in [1.54, 1.807) is 0 Å². The van der Waals surface area contributed by atoms with E-state index in [2.05, 4.69) is 31.5 Å². The van der Waals surface area contributed by atoms with Crippen LogP contribution in [0, 0.1) is 0 Å². The summed E-state index contributed by atoms with van der Waals surface area (Å²) < 4.78 is 24.1. The average Bonchev–Trinajstić information content (AvgIpc) is 2.52. The van der Waals surface area contributed by atoms with Crippen molar-refractivity contribution in [2.45, 2.75) is 29.1 Å². The molecular formula is C6H11BrN4O2S. The Kier molecular flexibility index (Phi) is 3.59. The third-order valence-corrected chi connectivity index (χ3v) is 5.39. The summed E-state index contributed by atoms with van der Waals surface area (Å²) in [6.07, 6.45) is 1.32. The molecule has 6 nitrogen and oxygen atoms in total. The van der Waals surface area contributed by atoms with E-state index < -0.39 is 14.0 Å². The largest absolute Gasteiger partial charge is 0.268 e. The van der Waals surface area contributed by atoms with Gasteiger partial charge in [-0.15, -0.1) is 0 Å². The monoisotopic (exact) mass is 282 g/mol. The summed E-state index contributed by atoms with van der Waals surface area (Å²) in [5.74, 6) is 0. The van der Waals surface area contributed by atoms with E-state index in [9.17, 15) is 8.42 Å².